The van der Waals surface area contributed by atoms with Gasteiger partial charge in [-0.15, -0.1) is 0 Å². The van der Waals surface area contributed by atoms with E-state index >= 15 is 0 Å². The fourth-order valence-electron chi connectivity index (χ4n) is 3.48. The molecule has 0 aliphatic rings. The first-order valence-corrected chi connectivity index (χ1v) is 9.50. The molecule has 2 nitrogen and oxygen atoms in total. The number of hydrogen-bond acceptors (Lipinski definition) is 2. The quantitative estimate of drug-likeness (QED) is 0.806. The predicted octanol–water partition coefficient (Wildman–Crippen LogP) is 3.17. The number of aromatic nitrogens is 2. The van der Waals surface area contributed by atoms with Gasteiger partial charge in [-0.2, -0.15) is 0 Å². The van der Waals surface area contributed by atoms with Gasteiger partial charge in [0.15, 0.2) is 8.07 Å². The van der Waals surface area contributed by atoms with Gasteiger partial charge in [-0.1, -0.05) is 57.5 Å². The minimum Gasteiger partial charge on any atom is -0.246 e. The highest BCUT2D eigenvalue weighted by atomic mass is 28.3. The molecular weight excluding hydrogens is 260 g/mol. The second-order valence-electron chi connectivity index (χ2n) is 6.07. The van der Waals surface area contributed by atoms with Crippen molar-refractivity contribution in [3.05, 3.63) is 48.3 Å². The molecule has 0 spiro atoms. The maximum absolute atomic E-state index is 4.66. The van der Waals surface area contributed by atoms with Gasteiger partial charge in [0.2, 0.25) is 0 Å². The molecule has 0 bridgehead atoms. The van der Waals surface area contributed by atoms with Gasteiger partial charge in [-0.3, -0.25) is 0 Å². The van der Waals surface area contributed by atoms with Gasteiger partial charge in [-0.25, -0.2) is 9.97 Å². The fourth-order valence-corrected chi connectivity index (χ4v) is 9.01. The van der Waals surface area contributed by atoms with Crippen LogP contribution in [-0.4, -0.2) is 18.0 Å². The monoisotopic (exact) mass is 284 g/mol. The Bertz CT molecular complexity index is 556. The highest BCUT2D eigenvalue weighted by molar-refractivity contribution is 7.03. The Balaban J connectivity index is 2.76. The van der Waals surface area contributed by atoms with E-state index in [0.29, 0.717) is 11.1 Å². The summed E-state index contributed by atoms with van der Waals surface area (Å²) in [6, 6.07) is 10.7. The van der Waals surface area contributed by atoms with E-state index in [2.05, 4.69) is 68.9 Å². The van der Waals surface area contributed by atoms with E-state index in [1.807, 2.05) is 18.5 Å². The Kier molecular flexibility index (Phi) is 4.38. The van der Waals surface area contributed by atoms with E-state index in [1.165, 1.54) is 10.8 Å². The van der Waals surface area contributed by atoms with Crippen LogP contribution in [0.1, 0.15) is 33.3 Å². The van der Waals surface area contributed by atoms with Crippen LogP contribution in [0, 0.1) is 6.92 Å². The Hall–Kier alpha value is -1.48. The number of nitrogens with zero attached hydrogens (tertiary/aromatic N) is 2. The number of hydrogen-bond donors (Lipinski definition) is 0. The summed E-state index contributed by atoms with van der Waals surface area (Å²) in [7, 11) is -1.97. The average Bonchev–Trinajstić information content (AvgIpc) is 2.42. The smallest absolute Gasteiger partial charge is 0.170 e. The first-order chi connectivity index (χ1) is 9.51. The van der Waals surface area contributed by atoms with Crippen LogP contribution in [-0.2, 0) is 0 Å². The zero-order valence-corrected chi connectivity index (χ0v) is 14.1. The molecule has 2 aromatic rings. The van der Waals surface area contributed by atoms with Gasteiger partial charge < -0.3 is 0 Å². The second kappa shape index (κ2) is 5.88. The lowest BCUT2D eigenvalue weighted by Gasteiger charge is -2.39. The van der Waals surface area contributed by atoms with Gasteiger partial charge in [0.1, 0.15) is 5.45 Å². The predicted molar refractivity (Wildman–Crippen MR) is 88.4 cm³/mol. The maximum Gasteiger partial charge on any atom is 0.170 e. The van der Waals surface area contributed by atoms with Crippen LogP contribution in [0.25, 0.3) is 0 Å². The molecule has 3 heteroatoms. The fraction of sp³-hybridized carbons (Fsp3) is 0.412. The van der Waals surface area contributed by atoms with Crippen LogP contribution in [0.4, 0.5) is 0 Å². The molecule has 0 atom stereocenters. The van der Waals surface area contributed by atoms with E-state index in [1.54, 1.807) is 0 Å². The maximum atomic E-state index is 4.66. The summed E-state index contributed by atoms with van der Waals surface area (Å²) in [5.41, 5.74) is 3.56. The standard InChI is InChI=1S/C17H24N2Si/c1-13(2)20(14(3)4,17-18-11-8-12-19-17)16-10-7-6-9-15(16)5/h6-14H,1-5H3. The summed E-state index contributed by atoms with van der Waals surface area (Å²) in [5.74, 6) is 0. The molecule has 106 valence electrons. The summed E-state index contributed by atoms with van der Waals surface area (Å²) in [5, 5.41) is 1.48. The van der Waals surface area contributed by atoms with Crippen molar-refractivity contribution in [1.29, 1.82) is 0 Å². The molecule has 1 aromatic heterocycles. The summed E-state index contributed by atoms with van der Waals surface area (Å²) < 4.78 is 0. The average molecular weight is 284 g/mol. The van der Waals surface area contributed by atoms with Crippen molar-refractivity contribution in [3.63, 3.8) is 0 Å². The Labute approximate surface area is 123 Å². The highest BCUT2D eigenvalue weighted by Crippen LogP contribution is 2.31. The zero-order valence-electron chi connectivity index (χ0n) is 13.1. The Morgan fingerprint density at radius 3 is 1.90 bits per heavy atom. The van der Waals surface area contributed by atoms with E-state index in [9.17, 15) is 0 Å². The first-order valence-electron chi connectivity index (χ1n) is 7.34. The third-order valence-corrected chi connectivity index (χ3v) is 10.4. The van der Waals surface area contributed by atoms with E-state index in [0.717, 1.165) is 5.45 Å². The molecule has 0 N–H and O–H groups in total. The highest BCUT2D eigenvalue weighted by Gasteiger charge is 2.46. The molecule has 0 unspecified atom stereocenters. The lowest BCUT2D eigenvalue weighted by molar-refractivity contribution is 0.915. The molecule has 0 saturated carbocycles. The summed E-state index contributed by atoms with van der Waals surface area (Å²) >= 11 is 0. The largest absolute Gasteiger partial charge is 0.246 e. The number of aryl methyl sites for hydroxylation is 1. The normalized spacial score (nSPS) is 12.2. The summed E-state index contributed by atoms with van der Waals surface area (Å²) in [6.07, 6.45) is 3.76. The van der Waals surface area contributed by atoms with Crippen molar-refractivity contribution in [1.82, 2.24) is 9.97 Å². The minimum absolute atomic E-state index is 0.561. The van der Waals surface area contributed by atoms with Crippen molar-refractivity contribution in [2.24, 2.45) is 0 Å². The molecule has 0 fully saturated rings. The Morgan fingerprint density at radius 2 is 1.40 bits per heavy atom. The molecule has 2 rings (SSSR count). The molecule has 0 saturated heterocycles. The molecule has 0 aliphatic carbocycles. The second-order valence-corrected chi connectivity index (χ2v) is 11.1. The van der Waals surface area contributed by atoms with Crippen LogP contribution in [0.15, 0.2) is 42.7 Å². The Morgan fingerprint density at radius 1 is 0.850 bits per heavy atom. The molecule has 0 radical (unpaired) electrons. The van der Waals surface area contributed by atoms with Crippen molar-refractivity contribution < 1.29 is 0 Å². The third-order valence-electron chi connectivity index (χ3n) is 4.35. The molecule has 20 heavy (non-hydrogen) atoms. The summed E-state index contributed by atoms with van der Waals surface area (Å²) in [4.78, 5) is 9.32. The van der Waals surface area contributed by atoms with Crippen LogP contribution >= 0.6 is 0 Å². The van der Waals surface area contributed by atoms with Gasteiger partial charge in [0, 0.05) is 12.4 Å². The lowest BCUT2D eigenvalue weighted by Crippen LogP contribution is -2.65. The number of rotatable bonds is 4. The minimum atomic E-state index is -1.97. The topological polar surface area (TPSA) is 25.8 Å². The van der Waals surface area contributed by atoms with E-state index in [-0.39, 0.29) is 0 Å². The van der Waals surface area contributed by atoms with Crippen LogP contribution in [0.3, 0.4) is 0 Å². The van der Waals surface area contributed by atoms with Gasteiger partial charge in [0.05, 0.1) is 0 Å². The third kappa shape index (κ3) is 2.31. The van der Waals surface area contributed by atoms with Crippen molar-refractivity contribution in [2.45, 2.75) is 45.7 Å². The van der Waals surface area contributed by atoms with E-state index in [4.69, 9.17) is 0 Å². The zero-order chi connectivity index (χ0) is 14.8. The molecule has 0 amide bonds. The number of benzene rings is 1. The van der Waals surface area contributed by atoms with Crippen LogP contribution in [0.5, 0.6) is 0 Å². The van der Waals surface area contributed by atoms with Crippen molar-refractivity contribution in [2.75, 3.05) is 0 Å². The van der Waals surface area contributed by atoms with Gasteiger partial charge in [-0.05, 0) is 29.3 Å². The van der Waals surface area contributed by atoms with Crippen LogP contribution in [0.2, 0.25) is 11.1 Å². The molecule has 1 aromatic carbocycles. The molecular formula is C17H24N2Si. The van der Waals surface area contributed by atoms with Gasteiger partial charge >= 0.3 is 0 Å². The lowest BCUT2D eigenvalue weighted by atomic mass is 10.2. The summed E-state index contributed by atoms with van der Waals surface area (Å²) in [6.45, 7) is 11.5. The van der Waals surface area contributed by atoms with E-state index < -0.39 is 8.07 Å². The van der Waals surface area contributed by atoms with Crippen LogP contribution < -0.4 is 10.6 Å². The SMILES string of the molecule is Cc1ccccc1[Si](c1ncccn1)(C(C)C)C(C)C. The van der Waals surface area contributed by atoms with Gasteiger partial charge in [0.25, 0.3) is 0 Å². The first kappa shape index (κ1) is 14.9. The van der Waals surface area contributed by atoms with Crippen molar-refractivity contribution >= 4 is 18.7 Å². The molecule has 0 aliphatic heterocycles. The molecule has 1 heterocycles. The van der Waals surface area contributed by atoms with Crippen molar-refractivity contribution in [3.8, 4) is 0 Å².